The molecule has 1 aliphatic rings. The minimum atomic E-state index is -0.631. The molecular formula is C16H20N2O3S. The Kier molecular flexibility index (Phi) is 4.56. The van der Waals surface area contributed by atoms with Crippen LogP contribution in [0.4, 0.5) is 0 Å². The van der Waals surface area contributed by atoms with Gasteiger partial charge in [0.1, 0.15) is 17.2 Å². The van der Waals surface area contributed by atoms with Crippen LogP contribution in [0.15, 0.2) is 41.9 Å². The molecule has 1 aliphatic heterocycles. The van der Waals surface area contributed by atoms with Crippen LogP contribution in [0.2, 0.25) is 0 Å². The quantitative estimate of drug-likeness (QED) is 0.857. The maximum absolute atomic E-state index is 10.6. The predicted octanol–water partition coefficient (Wildman–Crippen LogP) is 3.23. The lowest BCUT2D eigenvalue weighted by Gasteiger charge is -2.29. The van der Waals surface area contributed by atoms with Gasteiger partial charge in [0, 0.05) is 18.1 Å². The van der Waals surface area contributed by atoms with Crippen LogP contribution in [0.25, 0.3) is 0 Å². The molecule has 0 amide bonds. The molecule has 3 rings (SSSR count). The van der Waals surface area contributed by atoms with Crippen LogP contribution >= 0.6 is 11.3 Å². The topological polar surface area (TPSA) is 54.8 Å². The van der Waals surface area contributed by atoms with Gasteiger partial charge in [-0.15, -0.1) is 11.3 Å². The second kappa shape index (κ2) is 6.44. The Morgan fingerprint density at radius 1 is 1.41 bits per heavy atom. The molecule has 1 aromatic carbocycles. The van der Waals surface area contributed by atoms with Gasteiger partial charge in [0.05, 0.1) is 6.61 Å². The van der Waals surface area contributed by atoms with E-state index in [2.05, 4.69) is 4.98 Å². The monoisotopic (exact) mass is 320 g/mol. The van der Waals surface area contributed by atoms with Gasteiger partial charge in [0.25, 0.3) is 0 Å². The van der Waals surface area contributed by atoms with Crippen molar-refractivity contribution in [3.05, 3.63) is 52.5 Å². The molecule has 5 nitrogen and oxygen atoms in total. The van der Waals surface area contributed by atoms with Crippen LogP contribution in [0.1, 0.15) is 30.5 Å². The number of aromatic nitrogens is 1. The average molecular weight is 320 g/mol. The number of hydrogen-bond acceptors (Lipinski definition) is 6. The number of thiazole rings is 1. The zero-order chi connectivity index (χ0) is 15.6. The van der Waals surface area contributed by atoms with Crippen molar-refractivity contribution in [2.45, 2.75) is 38.3 Å². The highest BCUT2D eigenvalue weighted by Gasteiger charge is 2.41. The molecule has 2 heterocycles. The van der Waals surface area contributed by atoms with Gasteiger partial charge in [-0.05, 0) is 19.4 Å². The first kappa shape index (κ1) is 15.6. The van der Waals surface area contributed by atoms with Gasteiger partial charge in [0.15, 0.2) is 5.79 Å². The highest BCUT2D eigenvalue weighted by atomic mass is 32.1. The Morgan fingerprint density at radius 2 is 2.18 bits per heavy atom. The van der Waals surface area contributed by atoms with Gasteiger partial charge in [-0.1, -0.05) is 30.3 Å². The summed E-state index contributed by atoms with van der Waals surface area (Å²) in [5.74, 6) is -0.631. The van der Waals surface area contributed by atoms with E-state index in [1.54, 1.807) is 6.20 Å². The van der Waals surface area contributed by atoms with E-state index in [9.17, 15) is 5.21 Å². The molecular weight excluding hydrogens is 300 g/mol. The van der Waals surface area contributed by atoms with Gasteiger partial charge in [-0.25, -0.2) is 4.98 Å². The van der Waals surface area contributed by atoms with Gasteiger partial charge in [-0.2, -0.15) is 5.06 Å². The fourth-order valence-corrected chi connectivity index (χ4v) is 3.39. The largest absolute Gasteiger partial charge is 0.348 e. The van der Waals surface area contributed by atoms with E-state index < -0.39 is 5.79 Å². The summed E-state index contributed by atoms with van der Waals surface area (Å²) in [6.45, 7) is 4.60. The zero-order valence-corrected chi connectivity index (χ0v) is 13.5. The van der Waals surface area contributed by atoms with E-state index in [-0.39, 0.29) is 12.1 Å². The van der Waals surface area contributed by atoms with Crippen LogP contribution < -0.4 is 0 Å². The van der Waals surface area contributed by atoms with Crippen molar-refractivity contribution < 1.29 is 14.7 Å². The minimum absolute atomic E-state index is 0.255. The molecule has 6 heteroatoms. The molecule has 0 aliphatic carbocycles. The first-order valence-electron chi connectivity index (χ1n) is 7.26. The molecule has 0 bridgehead atoms. The normalized spacial score (nSPS) is 22.1. The molecule has 2 atom stereocenters. The summed E-state index contributed by atoms with van der Waals surface area (Å²) < 4.78 is 11.6. The van der Waals surface area contributed by atoms with E-state index in [1.165, 1.54) is 16.4 Å². The third-order valence-corrected chi connectivity index (χ3v) is 4.44. The zero-order valence-electron chi connectivity index (χ0n) is 12.7. The molecule has 1 fully saturated rings. The Bertz CT molecular complexity index is 589. The van der Waals surface area contributed by atoms with Crippen molar-refractivity contribution in [2.24, 2.45) is 0 Å². The highest BCUT2D eigenvalue weighted by Crippen LogP contribution is 2.35. The summed E-state index contributed by atoms with van der Waals surface area (Å²) in [4.78, 5) is 4.35. The maximum Gasteiger partial charge on any atom is 0.163 e. The fraction of sp³-hybridized carbons (Fsp3) is 0.438. The van der Waals surface area contributed by atoms with Gasteiger partial charge in [-0.3, -0.25) is 0 Å². The van der Waals surface area contributed by atoms with Gasteiger partial charge < -0.3 is 14.7 Å². The van der Waals surface area contributed by atoms with Gasteiger partial charge >= 0.3 is 0 Å². The van der Waals surface area contributed by atoms with E-state index in [1.807, 2.05) is 49.6 Å². The number of hydroxylamine groups is 2. The first-order chi connectivity index (χ1) is 10.6. The first-order valence-corrected chi connectivity index (χ1v) is 8.14. The third-order valence-electron chi connectivity index (χ3n) is 3.60. The van der Waals surface area contributed by atoms with Crippen LogP contribution in [-0.4, -0.2) is 33.8 Å². The minimum Gasteiger partial charge on any atom is -0.348 e. The molecule has 0 spiro atoms. The standard InChI is InChI=1S/C16H20N2O3S/c1-16(2)20-11-13(21-16)14(15-17-8-9-22-15)18(19)10-12-6-4-3-5-7-12/h3-9,13-14,19H,10-11H2,1-2H3/t13-,14+/m1/s1. The van der Waals surface area contributed by atoms with E-state index in [4.69, 9.17) is 9.47 Å². The van der Waals surface area contributed by atoms with Crippen LogP contribution in [0.5, 0.6) is 0 Å². The van der Waals surface area contributed by atoms with E-state index in [0.717, 1.165) is 10.6 Å². The van der Waals surface area contributed by atoms with E-state index in [0.29, 0.717) is 13.2 Å². The SMILES string of the molecule is CC1(C)OC[C@H]([C@@H](c2nccs2)N(O)Cc2ccccc2)O1. The fourth-order valence-electron chi connectivity index (χ4n) is 2.60. The van der Waals surface area contributed by atoms with Crippen molar-refractivity contribution in [1.82, 2.24) is 10.0 Å². The molecule has 0 unspecified atom stereocenters. The summed E-state index contributed by atoms with van der Waals surface area (Å²) in [6.07, 6.45) is 1.49. The molecule has 0 radical (unpaired) electrons. The average Bonchev–Trinajstić information content (AvgIpc) is 3.11. The van der Waals surface area contributed by atoms with Gasteiger partial charge in [0.2, 0.25) is 0 Å². The number of nitrogens with zero attached hydrogens (tertiary/aromatic N) is 2. The molecule has 22 heavy (non-hydrogen) atoms. The summed E-state index contributed by atoms with van der Waals surface area (Å²) in [5, 5.41) is 14.7. The highest BCUT2D eigenvalue weighted by molar-refractivity contribution is 7.09. The van der Waals surface area contributed by atoms with Crippen LogP contribution in [-0.2, 0) is 16.0 Å². The molecule has 1 N–H and O–H groups in total. The maximum atomic E-state index is 10.6. The Hall–Kier alpha value is -1.31. The lowest BCUT2D eigenvalue weighted by molar-refractivity contribution is -0.191. The molecule has 0 saturated carbocycles. The Labute approximate surface area is 134 Å². The van der Waals surface area contributed by atoms with Crippen molar-refractivity contribution in [3.63, 3.8) is 0 Å². The smallest absolute Gasteiger partial charge is 0.163 e. The number of rotatable bonds is 5. The summed E-state index contributed by atoms with van der Waals surface area (Å²) >= 11 is 1.51. The second-order valence-corrected chi connectivity index (χ2v) is 6.69. The van der Waals surface area contributed by atoms with Crippen molar-refractivity contribution in [3.8, 4) is 0 Å². The van der Waals surface area contributed by atoms with Crippen molar-refractivity contribution in [1.29, 1.82) is 0 Å². The molecule has 1 saturated heterocycles. The Morgan fingerprint density at radius 3 is 2.77 bits per heavy atom. The van der Waals surface area contributed by atoms with Crippen LogP contribution in [0.3, 0.4) is 0 Å². The molecule has 1 aromatic heterocycles. The second-order valence-electron chi connectivity index (χ2n) is 5.77. The third kappa shape index (κ3) is 3.53. The summed E-state index contributed by atoms with van der Waals surface area (Å²) in [6, 6.07) is 9.50. The number of benzene rings is 1. The van der Waals surface area contributed by atoms with Crippen molar-refractivity contribution >= 4 is 11.3 Å². The summed E-state index contributed by atoms with van der Waals surface area (Å²) in [7, 11) is 0. The Balaban J connectivity index is 1.80. The lowest BCUT2D eigenvalue weighted by Crippen LogP contribution is -2.36. The molecule has 118 valence electrons. The lowest BCUT2D eigenvalue weighted by atomic mass is 10.1. The van der Waals surface area contributed by atoms with E-state index >= 15 is 0 Å². The number of ether oxygens (including phenoxy) is 2. The number of hydrogen-bond donors (Lipinski definition) is 1. The van der Waals surface area contributed by atoms with Crippen LogP contribution in [0, 0.1) is 0 Å². The predicted molar refractivity (Wildman–Crippen MR) is 83.5 cm³/mol. The summed E-state index contributed by atoms with van der Waals surface area (Å²) in [5.41, 5.74) is 1.03. The molecule has 2 aromatic rings. The van der Waals surface area contributed by atoms with Crippen molar-refractivity contribution in [2.75, 3.05) is 6.61 Å².